The summed E-state index contributed by atoms with van der Waals surface area (Å²) in [4.78, 5) is 25.5. The SMILES string of the molecule is COC(=O)C1=C(Cl)c2cc(C)ccc2OC1c1ccc2c(c1)OCO2.COC(=O)C1=C(c2ccc(OC)cc2)c2cc(C)ccc2OC1c1ccc2c(c1)OCO2. The van der Waals surface area contributed by atoms with Crippen LogP contribution in [0.25, 0.3) is 10.6 Å². The standard InChI is InChI=1S/C26H22O6.C19H15ClO5/c1-15-4-10-20-19(12-15)23(16-5-8-18(28-2)9-6-16)24(26(27)29-3)25(32-20)17-7-11-21-22(13-17)31-14-30-21;1-10-3-5-13-12(7-10)17(20)16(19(21)22-2)18(25-13)11-4-6-14-15(8-11)24-9-23-14/h4-13,25H,14H2,1-3H3;3-8,18H,9H2,1-2H3. The molecule has 4 aliphatic heterocycles. The summed E-state index contributed by atoms with van der Waals surface area (Å²) in [6.45, 7) is 4.30. The summed E-state index contributed by atoms with van der Waals surface area (Å²) in [5.74, 6) is 3.61. The van der Waals surface area contributed by atoms with Crippen LogP contribution in [-0.2, 0) is 19.1 Å². The fourth-order valence-electron chi connectivity index (χ4n) is 7.08. The molecule has 4 aliphatic rings. The number of ether oxygens (including phenoxy) is 9. The third kappa shape index (κ3) is 7.06. The van der Waals surface area contributed by atoms with E-state index < -0.39 is 24.1 Å². The van der Waals surface area contributed by atoms with E-state index in [9.17, 15) is 9.59 Å². The molecule has 5 aromatic rings. The van der Waals surface area contributed by atoms with Crippen molar-refractivity contribution in [1.29, 1.82) is 0 Å². The smallest absolute Gasteiger partial charge is 0.339 e. The fourth-order valence-corrected chi connectivity index (χ4v) is 7.41. The number of methoxy groups -OCH3 is 3. The first-order valence-corrected chi connectivity index (χ1v) is 18.3. The molecule has 290 valence electrons. The zero-order valence-corrected chi connectivity index (χ0v) is 32.4. The van der Waals surface area contributed by atoms with Crippen molar-refractivity contribution in [3.63, 3.8) is 0 Å². The van der Waals surface area contributed by atoms with Gasteiger partial charge in [0.2, 0.25) is 13.6 Å². The van der Waals surface area contributed by atoms with E-state index in [4.69, 9.17) is 54.2 Å². The molecule has 9 rings (SSSR count). The van der Waals surface area contributed by atoms with Crippen molar-refractivity contribution in [1.82, 2.24) is 0 Å². The Morgan fingerprint density at radius 1 is 0.561 bits per heavy atom. The van der Waals surface area contributed by atoms with Crippen molar-refractivity contribution >= 4 is 34.1 Å². The van der Waals surface area contributed by atoms with Crippen LogP contribution in [0.15, 0.2) is 108 Å². The van der Waals surface area contributed by atoms with Crippen molar-refractivity contribution in [2.75, 3.05) is 34.9 Å². The number of hydrogen-bond donors (Lipinski definition) is 0. The lowest BCUT2D eigenvalue weighted by Gasteiger charge is -2.31. The average molecular weight is 789 g/mol. The molecule has 0 aromatic heterocycles. The summed E-state index contributed by atoms with van der Waals surface area (Å²) in [5.41, 5.74) is 7.43. The van der Waals surface area contributed by atoms with E-state index in [0.29, 0.717) is 50.7 Å². The Bertz CT molecular complexity index is 2470. The van der Waals surface area contributed by atoms with Crippen molar-refractivity contribution in [2.24, 2.45) is 0 Å². The topological polar surface area (TPSA) is 117 Å². The van der Waals surface area contributed by atoms with Gasteiger partial charge in [-0.15, -0.1) is 0 Å². The lowest BCUT2D eigenvalue weighted by Crippen LogP contribution is -2.24. The third-order valence-corrected chi connectivity index (χ3v) is 10.3. The van der Waals surface area contributed by atoms with Crippen LogP contribution in [-0.4, -0.2) is 46.9 Å². The molecule has 0 saturated heterocycles. The summed E-state index contributed by atoms with van der Waals surface area (Å²) in [5, 5.41) is 0.333. The average Bonchev–Trinajstić information content (AvgIpc) is 3.92. The van der Waals surface area contributed by atoms with Crippen molar-refractivity contribution in [3.8, 4) is 40.2 Å². The van der Waals surface area contributed by atoms with E-state index in [0.717, 1.165) is 44.7 Å². The van der Waals surface area contributed by atoms with Crippen molar-refractivity contribution in [3.05, 3.63) is 147 Å². The van der Waals surface area contributed by atoms with Crippen LogP contribution in [0.2, 0.25) is 0 Å². The van der Waals surface area contributed by atoms with E-state index in [2.05, 4.69) is 0 Å². The first kappa shape index (κ1) is 37.3. The summed E-state index contributed by atoms with van der Waals surface area (Å²) in [6, 6.07) is 30.2. The molecular weight excluding hydrogens is 752 g/mol. The number of halogens is 1. The molecule has 12 heteroatoms. The van der Waals surface area contributed by atoms with Crippen LogP contribution in [0.1, 0.15) is 51.2 Å². The maximum Gasteiger partial charge on any atom is 0.339 e. The van der Waals surface area contributed by atoms with E-state index in [1.54, 1.807) is 19.2 Å². The molecule has 11 nitrogen and oxygen atoms in total. The minimum absolute atomic E-state index is 0.170. The van der Waals surface area contributed by atoms with E-state index >= 15 is 0 Å². The summed E-state index contributed by atoms with van der Waals surface area (Å²) >= 11 is 6.56. The van der Waals surface area contributed by atoms with Gasteiger partial charge in [0.05, 0.1) is 31.9 Å². The second kappa shape index (κ2) is 15.5. The van der Waals surface area contributed by atoms with Crippen molar-refractivity contribution in [2.45, 2.75) is 26.1 Å². The van der Waals surface area contributed by atoms with E-state index in [-0.39, 0.29) is 19.2 Å². The van der Waals surface area contributed by atoms with Crippen LogP contribution in [0.3, 0.4) is 0 Å². The molecule has 2 atom stereocenters. The Morgan fingerprint density at radius 3 is 1.58 bits per heavy atom. The van der Waals surface area contributed by atoms with Gasteiger partial charge in [-0.3, -0.25) is 0 Å². The van der Waals surface area contributed by atoms with Crippen LogP contribution < -0.4 is 33.2 Å². The molecular formula is C45H37ClO11. The van der Waals surface area contributed by atoms with Gasteiger partial charge in [-0.25, -0.2) is 9.59 Å². The molecule has 0 radical (unpaired) electrons. The number of esters is 2. The number of fused-ring (bicyclic) bond motifs is 4. The van der Waals surface area contributed by atoms with Gasteiger partial charge in [-0.2, -0.15) is 0 Å². The highest BCUT2D eigenvalue weighted by atomic mass is 35.5. The normalized spacial score (nSPS) is 16.9. The lowest BCUT2D eigenvalue weighted by atomic mass is 9.85. The zero-order chi connectivity index (χ0) is 39.8. The van der Waals surface area contributed by atoms with E-state index in [1.807, 2.05) is 98.8 Å². The van der Waals surface area contributed by atoms with Crippen LogP contribution in [0.5, 0.6) is 40.2 Å². The van der Waals surface area contributed by atoms with Crippen LogP contribution in [0.4, 0.5) is 0 Å². The molecule has 57 heavy (non-hydrogen) atoms. The zero-order valence-electron chi connectivity index (χ0n) is 31.7. The third-order valence-electron chi connectivity index (χ3n) is 9.88. The number of carbonyl (C=O) groups excluding carboxylic acids is 2. The summed E-state index contributed by atoms with van der Waals surface area (Å²) in [6.07, 6.45) is -1.37. The van der Waals surface area contributed by atoms with Crippen LogP contribution >= 0.6 is 11.6 Å². The molecule has 0 N–H and O–H groups in total. The minimum atomic E-state index is -0.690. The first-order chi connectivity index (χ1) is 27.7. The van der Waals surface area contributed by atoms with Gasteiger partial charge in [-0.1, -0.05) is 59.1 Å². The van der Waals surface area contributed by atoms with Gasteiger partial charge in [-0.05, 0) is 80.1 Å². The highest BCUT2D eigenvalue weighted by Gasteiger charge is 2.37. The lowest BCUT2D eigenvalue weighted by molar-refractivity contribution is -0.138. The first-order valence-electron chi connectivity index (χ1n) is 18.0. The molecule has 0 bridgehead atoms. The minimum Gasteiger partial charge on any atom is -0.497 e. The maximum atomic E-state index is 13.1. The monoisotopic (exact) mass is 788 g/mol. The van der Waals surface area contributed by atoms with Gasteiger partial charge >= 0.3 is 11.9 Å². The van der Waals surface area contributed by atoms with Gasteiger partial charge in [0, 0.05) is 27.8 Å². The molecule has 0 spiro atoms. The summed E-state index contributed by atoms with van der Waals surface area (Å²) in [7, 11) is 4.32. The molecule has 0 aliphatic carbocycles. The molecule has 0 amide bonds. The Labute approximate surface area is 333 Å². The molecule has 4 heterocycles. The van der Waals surface area contributed by atoms with Gasteiger partial charge in [0.15, 0.2) is 35.2 Å². The maximum absolute atomic E-state index is 13.1. The second-order valence-corrected chi connectivity index (χ2v) is 13.8. The molecule has 5 aromatic carbocycles. The Balaban J connectivity index is 0.000000165. The molecule has 0 fully saturated rings. The van der Waals surface area contributed by atoms with Gasteiger partial charge < -0.3 is 42.6 Å². The quantitative estimate of drug-likeness (QED) is 0.154. The Morgan fingerprint density at radius 2 is 1.04 bits per heavy atom. The Hall–Kier alpha value is -6.59. The molecule has 0 saturated carbocycles. The molecule has 2 unspecified atom stereocenters. The van der Waals surface area contributed by atoms with Crippen molar-refractivity contribution < 1.29 is 52.2 Å². The largest absolute Gasteiger partial charge is 0.497 e. The predicted octanol–water partition coefficient (Wildman–Crippen LogP) is 8.82. The number of hydrogen-bond acceptors (Lipinski definition) is 11. The number of carbonyl (C=O) groups is 2. The Kier molecular flexibility index (Phi) is 10.2. The number of aryl methyl sites for hydroxylation is 2. The summed E-state index contributed by atoms with van der Waals surface area (Å²) < 4.78 is 49.7. The van der Waals surface area contributed by atoms with Gasteiger partial charge in [0.25, 0.3) is 0 Å². The number of rotatable bonds is 6. The highest BCUT2D eigenvalue weighted by molar-refractivity contribution is 6.51. The van der Waals surface area contributed by atoms with Crippen LogP contribution in [0, 0.1) is 13.8 Å². The number of benzene rings is 5. The predicted molar refractivity (Wildman–Crippen MR) is 210 cm³/mol. The van der Waals surface area contributed by atoms with E-state index in [1.165, 1.54) is 14.2 Å². The second-order valence-electron chi connectivity index (χ2n) is 13.4. The highest BCUT2D eigenvalue weighted by Crippen LogP contribution is 2.48. The van der Waals surface area contributed by atoms with Gasteiger partial charge in [0.1, 0.15) is 22.8 Å². The fraction of sp³-hybridized carbons (Fsp3) is 0.200.